The zero-order valence-electron chi connectivity index (χ0n) is 20.6. The molecular weight excluding hydrogens is 510 g/mol. The molecule has 194 valence electrons. The second kappa shape index (κ2) is 10.4. The Morgan fingerprint density at radius 1 is 1.03 bits per heavy atom. The molecule has 0 aliphatic carbocycles. The summed E-state index contributed by atoms with van der Waals surface area (Å²) in [6.07, 6.45) is -0.0233. The molecule has 2 heterocycles. The van der Waals surface area contributed by atoms with Crippen molar-refractivity contribution in [2.45, 2.75) is 19.4 Å². The molecule has 38 heavy (non-hydrogen) atoms. The van der Waals surface area contributed by atoms with Crippen molar-refractivity contribution < 1.29 is 24.5 Å². The lowest BCUT2D eigenvalue weighted by atomic mass is 10.00. The number of amides is 1. The van der Waals surface area contributed by atoms with Crippen LogP contribution in [0.25, 0.3) is 5.69 Å². The summed E-state index contributed by atoms with van der Waals surface area (Å²) < 4.78 is 12.9. The van der Waals surface area contributed by atoms with Crippen molar-refractivity contribution in [2.24, 2.45) is 4.99 Å². The molecule has 3 aromatic carbocycles. The van der Waals surface area contributed by atoms with Gasteiger partial charge < -0.3 is 25.0 Å². The molecule has 0 spiro atoms. The molecule has 0 bridgehead atoms. The summed E-state index contributed by atoms with van der Waals surface area (Å²) in [5.74, 6) is 1.22. The van der Waals surface area contributed by atoms with Crippen LogP contribution in [0.2, 0.25) is 5.02 Å². The van der Waals surface area contributed by atoms with Crippen LogP contribution in [0.5, 0.6) is 23.0 Å². The van der Waals surface area contributed by atoms with E-state index in [9.17, 15) is 15.0 Å². The SMILES string of the molecule is COc1ccc2c(c1)C(c1ccc(Cl)cc1)=NC(CC(=O)NCOc1ccc(O)c(O)c1)c1nnc(C)n1-2. The number of carbonyl (C=O) groups is 1. The third-order valence-corrected chi connectivity index (χ3v) is 6.34. The van der Waals surface area contributed by atoms with E-state index in [-0.39, 0.29) is 36.3 Å². The Hall–Kier alpha value is -4.57. The fraction of sp³-hybridized carbons (Fsp3) is 0.185. The van der Waals surface area contributed by atoms with Crippen molar-refractivity contribution in [3.8, 4) is 28.7 Å². The number of aliphatic imine (C=N–C) groups is 1. The number of hydrogen-bond acceptors (Lipinski definition) is 8. The van der Waals surface area contributed by atoms with Crippen LogP contribution in [0.4, 0.5) is 0 Å². The fourth-order valence-electron chi connectivity index (χ4n) is 4.22. The van der Waals surface area contributed by atoms with Gasteiger partial charge in [0.05, 0.1) is 24.9 Å². The number of nitrogens with zero attached hydrogens (tertiary/aromatic N) is 4. The Labute approximate surface area is 223 Å². The summed E-state index contributed by atoms with van der Waals surface area (Å²) in [7, 11) is 1.60. The van der Waals surface area contributed by atoms with Crippen LogP contribution < -0.4 is 14.8 Å². The first kappa shape index (κ1) is 25.1. The number of methoxy groups -OCH3 is 1. The van der Waals surface area contributed by atoms with Gasteiger partial charge in [0.1, 0.15) is 23.4 Å². The predicted octanol–water partition coefficient (Wildman–Crippen LogP) is 4.08. The van der Waals surface area contributed by atoms with E-state index in [4.69, 9.17) is 26.1 Å². The minimum atomic E-state index is -0.655. The summed E-state index contributed by atoms with van der Waals surface area (Å²) in [4.78, 5) is 18.0. The summed E-state index contributed by atoms with van der Waals surface area (Å²) in [5.41, 5.74) is 3.10. The molecule has 0 fully saturated rings. The Morgan fingerprint density at radius 3 is 2.53 bits per heavy atom. The van der Waals surface area contributed by atoms with Crippen molar-refractivity contribution in [3.63, 3.8) is 0 Å². The van der Waals surface area contributed by atoms with E-state index >= 15 is 0 Å². The summed E-state index contributed by atoms with van der Waals surface area (Å²) in [5, 5.41) is 31.0. The second-order valence-corrected chi connectivity index (χ2v) is 9.00. The molecule has 1 atom stereocenters. The van der Waals surface area contributed by atoms with Gasteiger partial charge in [-0.25, -0.2) is 0 Å². The molecule has 1 aliphatic rings. The topological polar surface area (TPSA) is 131 Å². The number of halogens is 1. The maximum absolute atomic E-state index is 13.0. The van der Waals surface area contributed by atoms with Crippen LogP contribution in [0.15, 0.2) is 65.7 Å². The van der Waals surface area contributed by atoms with Gasteiger partial charge in [-0.2, -0.15) is 0 Å². The van der Waals surface area contributed by atoms with Gasteiger partial charge in [-0.1, -0.05) is 23.7 Å². The maximum atomic E-state index is 13.0. The van der Waals surface area contributed by atoms with E-state index < -0.39 is 6.04 Å². The molecule has 5 rings (SSSR count). The summed E-state index contributed by atoms with van der Waals surface area (Å²) in [6.45, 7) is 1.70. The van der Waals surface area contributed by atoms with E-state index in [0.29, 0.717) is 28.1 Å². The van der Waals surface area contributed by atoms with Crippen molar-refractivity contribution in [1.29, 1.82) is 0 Å². The van der Waals surface area contributed by atoms with Crippen molar-refractivity contribution >= 4 is 23.2 Å². The van der Waals surface area contributed by atoms with Crippen LogP contribution in [0.3, 0.4) is 0 Å². The number of fused-ring (bicyclic) bond motifs is 3. The van der Waals surface area contributed by atoms with Crippen molar-refractivity contribution in [1.82, 2.24) is 20.1 Å². The third kappa shape index (κ3) is 4.98. The fourth-order valence-corrected chi connectivity index (χ4v) is 4.34. The number of hydrogen-bond donors (Lipinski definition) is 3. The largest absolute Gasteiger partial charge is 0.504 e. The first-order chi connectivity index (χ1) is 18.3. The van der Waals surface area contributed by atoms with Gasteiger partial charge in [0.15, 0.2) is 24.1 Å². The minimum absolute atomic E-state index is 0.0233. The van der Waals surface area contributed by atoms with Gasteiger partial charge in [0.25, 0.3) is 0 Å². The van der Waals surface area contributed by atoms with Gasteiger partial charge >= 0.3 is 0 Å². The number of phenols is 2. The van der Waals surface area contributed by atoms with E-state index in [1.165, 1.54) is 18.2 Å². The highest BCUT2D eigenvalue weighted by molar-refractivity contribution is 6.30. The highest BCUT2D eigenvalue weighted by Gasteiger charge is 2.30. The quantitative estimate of drug-likeness (QED) is 0.241. The number of rotatable bonds is 7. The second-order valence-electron chi connectivity index (χ2n) is 8.57. The Morgan fingerprint density at radius 2 is 1.79 bits per heavy atom. The summed E-state index contributed by atoms with van der Waals surface area (Å²) >= 11 is 6.14. The number of carbonyl (C=O) groups excluding carboxylic acids is 1. The Kier molecular flexibility index (Phi) is 6.89. The smallest absolute Gasteiger partial charge is 0.225 e. The zero-order valence-corrected chi connectivity index (χ0v) is 21.3. The number of aromatic hydroxyl groups is 2. The van der Waals surface area contributed by atoms with Gasteiger partial charge in [-0.3, -0.25) is 14.4 Å². The van der Waals surface area contributed by atoms with Crippen LogP contribution in [0.1, 0.15) is 35.2 Å². The van der Waals surface area contributed by atoms with Gasteiger partial charge in [-0.05, 0) is 49.4 Å². The molecule has 1 unspecified atom stereocenters. The average molecular weight is 534 g/mol. The molecule has 0 radical (unpaired) electrons. The number of aryl methyl sites for hydroxylation is 1. The number of ether oxygens (including phenoxy) is 2. The Balaban J connectivity index is 1.47. The normalized spacial score (nSPS) is 14.1. The maximum Gasteiger partial charge on any atom is 0.225 e. The number of aromatic nitrogens is 3. The molecule has 0 saturated carbocycles. The number of phenolic OH excluding ortho intramolecular Hbond substituents is 2. The van der Waals surface area contributed by atoms with E-state index in [1.807, 2.05) is 41.8 Å². The molecular formula is C27H24ClN5O5. The standard InChI is InChI=1S/C27H24ClN5O5/c1-15-31-32-27-21(13-25(36)29-14-38-19-8-10-23(34)24(35)12-19)30-26(16-3-5-17(28)6-4-16)20-11-18(37-2)7-9-22(20)33(15)27/h3-12,21,34-35H,13-14H2,1-2H3,(H,29,36). The highest BCUT2D eigenvalue weighted by atomic mass is 35.5. The molecule has 3 N–H and O–H groups in total. The lowest BCUT2D eigenvalue weighted by Gasteiger charge is -2.14. The zero-order chi connectivity index (χ0) is 26.8. The minimum Gasteiger partial charge on any atom is -0.504 e. The van der Waals surface area contributed by atoms with Gasteiger partial charge in [0.2, 0.25) is 5.91 Å². The number of nitrogens with one attached hydrogen (secondary N) is 1. The monoisotopic (exact) mass is 533 g/mol. The molecule has 10 nitrogen and oxygen atoms in total. The van der Waals surface area contributed by atoms with E-state index in [0.717, 1.165) is 16.8 Å². The highest BCUT2D eigenvalue weighted by Crippen LogP contribution is 2.34. The molecule has 0 saturated heterocycles. The van der Waals surface area contributed by atoms with Gasteiger partial charge in [0, 0.05) is 22.2 Å². The molecule has 11 heteroatoms. The molecule has 1 aromatic heterocycles. The Bertz CT molecular complexity index is 1530. The predicted molar refractivity (Wildman–Crippen MR) is 141 cm³/mol. The van der Waals surface area contributed by atoms with Crippen LogP contribution in [-0.4, -0.2) is 50.4 Å². The van der Waals surface area contributed by atoms with Crippen LogP contribution >= 0.6 is 11.6 Å². The third-order valence-electron chi connectivity index (χ3n) is 6.08. The lowest BCUT2D eigenvalue weighted by Crippen LogP contribution is -2.29. The van der Waals surface area contributed by atoms with E-state index in [2.05, 4.69) is 15.5 Å². The lowest BCUT2D eigenvalue weighted by molar-refractivity contribution is -0.122. The average Bonchev–Trinajstić information content (AvgIpc) is 3.23. The van der Waals surface area contributed by atoms with Crippen molar-refractivity contribution in [2.75, 3.05) is 13.8 Å². The molecule has 1 amide bonds. The van der Waals surface area contributed by atoms with Gasteiger partial charge in [-0.15, -0.1) is 10.2 Å². The number of benzene rings is 3. The van der Waals surface area contributed by atoms with Crippen LogP contribution in [0, 0.1) is 6.92 Å². The summed E-state index contributed by atoms with van der Waals surface area (Å²) in [6, 6.07) is 16.4. The van der Waals surface area contributed by atoms with Crippen LogP contribution in [-0.2, 0) is 4.79 Å². The first-order valence-electron chi connectivity index (χ1n) is 11.7. The molecule has 4 aromatic rings. The van der Waals surface area contributed by atoms with E-state index in [1.54, 1.807) is 19.2 Å². The molecule has 1 aliphatic heterocycles. The van der Waals surface area contributed by atoms with Crippen molar-refractivity contribution in [3.05, 3.63) is 88.5 Å². The first-order valence-corrected chi connectivity index (χ1v) is 12.1.